The predicted molar refractivity (Wildman–Crippen MR) is 50.4 cm³/mol. The molecule has 0 aliphatic heterocycles. The van der Waals surface area contributed by atoms with Gasteiger partial charge >= 0.3 is 0 Å². The number of rotatable bonds is 3. The lowest BCUT2D eigenvalue weighted by Gasteiger charge is -2.08. The molecule has 0 amide bonds. The lowest BCUT2D eigenvalue weighted by molar-refractivity contribution is 0.554. The quantitative estimate of drug-likeness (QED) is 0.785. The first-order valence-electron chi connectivity index (χ1n) is 4.40. The zero-order valence-corrected chi connectivity index (χ0v) is 7.92. The average Bonchev–Trinajstić information content (AvgIpc) is 2.75. The van der Waals surface area contributed by atoms with Crippen LogP contribution in [0, 0.1) is 0 Å². The SMILES string of the molecule is C[C@H](N)c1cncn1Cc1cocn1. The van der Waals surface area contributed by atoms with E-state index in [2.05, 4.69) is 9.97 Å². The van der Waals surface area contributed by atoms with Crippen molar-refractivity contribution >= 4 is 0 Å². The molecule has 0 aromatic carbocycles. The van der Waals surface area contributed by atoms with Crippen molar-refractivity contribution in [3.8, 4) is 0 Å². The molecule has 0 saturated carbocycles. The summed E-state index contributed by atoms with van der Waals surface area (Å²) < 4.78 is 6.85. The summed E-state index contributed by atoms with van der Waals surface area (Å²) in [6.07, 6.45) is 6.54. The van der Waals surface area contributed by atoms with Crippen molar-refractivity contribution in [1.82, 2.24) is 14.5 Å². The van der Waals surface area contributed by atoms with E-state index in [1.54, 1.807) is 18.8 Å². The molecule has 0 spiro atoms. The van der Waals surface area contributed by atoms with Gasteiger partial charge < -0.3 is 14.7 Å². The number of oxazole rings is 1. The maximum atomic E-state index is 5.78. The number of hydrogen-bond acceptors (Lipinski definition) is 4. The molecule has 0 fully saturated rings. The molecule has 74 valence electrons. The standard InChI is InChI=1S/C9H12N4O/c1-7(10)9-2-11-5-13(9)3-8-4-14-6-12-8/h2,4-7H,3,10H2,1H3/t7-/m0/s1. The third kappa shape index (κ3) is 1.67. The second-order valence-electron chi connectivity index (χ2n) is 3.21. The first-order chi connectivity index (χ1) is 6.77. The lowest BCUT2D eigenvalue weighted by atomic mass is 10.2. The van der Waals surface area contributed by atoms with Gasteiger partial charge in [0, 0.05) is 12.2 Å². The van der Waals surface area contributed by atoms with Gasteiger partial charge in [0.25, 0.3) is 0 Å². The van der Waals surface area contributed by atoms with Crippen LogP contribution in [-0.2, 0) is 6.54 Å². The molecule has 0 radical (unpaired) electrons. The number of hydrogen-bond donors (Lipinski definition) is 1. The summed E-state index contributed by atoms with van der Waals surface area (Å²) in [5, 5.41) is 0. The van der Waals surface area contributed by atoms with Crippen LogP contribution in [0.25, 0.3) is 0 Å². The molecule has 5 heteroatoms. The third-order valence-electron chi connectivity index (χ3n) is 2.03. The smallest absolute Gasteiger partial charge is 0.180 e. The van der Waals surface area contributed by atoms with Gasteiger partial charge in [-0.25, -0.2) is 9.97 Å². The fraction of sp³-hybridized carbons (Fsp3) is 0.333. The minimum Gasteiger partial charge on any atom is -0.451 e. The van der Waals surface area contributed by atoms with E-state index in [9.17, 15) is 0 Å². The zero-order chi connectivity index (χ0) is 9.97. The number of nitrogens with two attached hydrogens (primary N) is 1. The van der Waals surface area contributed by atoms with Crippen LogP contribution in [0.3, 0.4) is 0 Å². The number of imidazole rings is 1. The van der Waals surface area contributed by atoms with Gasteiger partial charge in [-0.15, -0.1) is 0 Å². The lowest BCUT2D eigenvalue weighted by Crippen LogP contribution is -2.12. The Morgan fingerprint density at radius 1 is 1.64 bits per heavy atom. The molecular formula is C9H12N4O. The molecule has 0 bridgehead atoms. The van der Waals surface area contributed by atoms with Crippen LogP contribution in [0.4, 0.5) is 0 Å². The van der Waals surface area contributed by atoms with E-state index in [1.165, 1.54) is 6.39 Å². The Kier molecular flexibility index (Phi) is 2.32. The fourth-order valence-corrected chi connectivity index (χ4v) is 1.33. The molecular weight excluding hydrogens is 180 g/mol. The van der Waals surface area contributed by atoms with Crippen molar-refractivity contribution in [3.05, 3.63) is 36.6 Å². The Balaban J connectivity index is 2.21. The Hall–Kier alpha value is -1.62. The molecule has 0 aliphatic rings. The first-order valence-corrected chi connectivity index (χ1v) is 4.40. The Morgan fingerprint density at radius 2 is 2.50 bits per heavy atom. The van der Waals surface area contributed by atoms with Crippen molar-refractivity contribution in [1.29, 1.82) is 0 Å². The highest BCUT2D eigenvalue weighted by molar-refractivity contribution is 5.06. The summed E-state index contributed by atoms with van der Waals surface area (Å²) >= 11 is 0. The van der Waals surface area contributed by atoms with Gasteiger partial charge in [0.2, 0.25) is 0 Å². The van der Waals surface area contributed by atoms with E-state index in [1.807, 2.05) is 11.5 Å². The van der Waals surface area contributed by atoms with Gasteiger partial charge in [-0.2, -0.15) is 0 Å². The topological polar surface area (TPSA) is 69.9 Å². The first kappa shape index (κ1) is 8.96. The predicted octanol–water partition coefficient (Wildman–Crippen LogP) is 0.939. The summed E-state index contributed by atoms with van der Waals surface area (Å²) in [4.78, 5) is 8.08. The molecule has 14 heavy (non-hydrogen) atoms. The highest BCUT2D eigenvalue weighted by Crippen LogP contribution is 2.10. The van der Waals surface area contributed by atoms with Crippen LogP contribution >= 0.6 is 0 Å². The second kappa shape index (κ2) is 3.63. The van der Waals surface area contributed by atoms with E-state index < -0.39 is 0 Å². The molecule has 0 saturated heterocycles. The summed E-state index contributed by atoms with van der Waals surface area (Å²) in [6, 6.07) is -0.0237. The summed E-state index contributed by atoms with van der Waals surface area (Å²) in [5.41, 5.74) is 7.64. The zero-order valence-electron chi connectivity index (χ0n) is 7.92. The van der Waals surface area contributed by atoms with Gasteiger partial charge in [-0.1, -0.05) is 0 Å². The average molecular weight is 192 g/mol. The number of nitrogens with zero attached hydrogens (tertiary/aromatic N) is 3. The van der Waals surface area contributed by atoms with Gasteiger partial charge in [0.1, 0.15) is 6.26 Å². The molecule has 2 heterocycles. The second-order valence-corrected chi connectivity index (χ2v) is 3.21. The summed E-state index contributed by atoms with van der Waals surface area (Å²) in [5.74, 6) is 0. The van der Waals surface area contributed by atoms with Gasteiger partial charge in [-0.3, -0.25) is 0 Å². The van der Waals surface area contributed by atoms with Crippen LogP contribution < -0.4 is 5.73 Å². The molecule has 5 nitrogen and oxygen atoms in total. The van der Waals surface area contributed by atoms with Gasteiger partial charge in [0.05, 0.1) is 24.3 Å². The van der Waals surface area contributed by atoms with Gasteiger partial charge in [0.15, 0.2) is 6.39 Å². The van der Waals surface area contributed by atoms with Crippen molar-refractivity contribution in [2.45, 2.75) is 19.5 Å². The summed E-state index contributed by atoms with van der Waals surface area (Å²) in [7, 11) is 0. The summed E-state index contributed by atoms with van der Waals surface area (Å²) in [6.45, 7) is 2.57. The Morgan fingerprint density at radius 3 is 3.14 bits per heavy atom. The van der Waals surface area contributed by atoms with Crippen LogP contribution in [0.5, 0.6) is 0 Å². The van der Waals surface area contributed by atoms with Crippen LogP contribution in [-0.4, -0.2) is 14.5 Å². The highest BCUT2D eigenvalue weighted by atomic mass is 16.3. The Labute approximate surface area is 81.6 Å². The van der Waals surface area contributed by atoms with Crippen molar-refractivity contribution < 1.29 is 4.42 Å². The minimum atomic E-state index is -0.0237. The normalized spacial score (nSPS) is 13.0. The maximum Gasteiger partial charge on any atom is 0.180 e. The molecule has 2 N–H and O–H groups in total. The fourth-order valence-electron chi connectivity index (χ4n) is 1.33. The van der Waals surface area contributed by atoms with Crippen LogP contribution in [0.2, 0.25) is 0 Å². The highest BCUT2D eigenvalue weighted by Gasteiger charge is 2.07. The minimum absolute atomic E-state index is 0.0237. The molecule has 0 unspecified atom stereocenters. The van der Waals surface area contributed by atoms with E-state index in [-0.39, 0.29) is 6.04 Å². The largest absolute Gasteiger partial charge is 0.451 e. The molecule has 2 aromatic heterocycles. The molecule has 1 atom stereocenters. The van der Waals surface area contributed by atoms with Crippen LogP contribution in [0.1, 0.15) is 24.4 Å². The van der Waals surface area contributed by atoms with Crippen LogP contribution in [0.15, 0.2) is 29.6 Å². The molecule has 0 aliphatic carbocycles. The molecule has 2 aromatic rings. The Bertz CT molecular complexity index is 391. The van der Waals surface area contributed by atoms with Crippen molar-refractivity contribution in [2.24, 2.45) is 5.73 Å². The van der Waals surface area contributed by atoms with Crippen molar-refractivity contribution in [2.75, 3.05) is 0 Å². The van der Waals surface area contributed by atoms with E-state index in [0.29, 0.717) is 6.54 Å². The maximum absolute atomic E-state index is 5.78. The van der Waals surface area contributed by atoms with Gasteiger partial charge in [-0.05, 0) is 6.92 Å². The van der Waals surface area contributed by atoms with E-state index >= 15 is 0 Å². The van der Waals surface area contributed by atoms with Crippen molar-refractivity contribution in [3.63, 3.8) is 0 Å². The third-order valence-corrected chi connectivity index (χ3v) is 2.03. The van der Waals surface area contributed by atoms with E-state index in [4.69, 9.17) is 10.2 Å². The van der Waals surface area contributed by atoms with E-state index in [0.717, 1.165) is 11.4 Å². The number of aromatic nitrogens is 3. The molecule has 2 rings (SSSR count). The monoisotopic (exact) mass is 192 g/mol.